The average molecular weight is 346 g/mol. The number of halogens is 1. The molecular weight excluding hydrogens is 330 g/mol. The number of aromatic nitrogens is 3. The number of hydrogen-bond donors (Lipinski definition) is 2. The summed E-state index contributed by atoms with van der Waals surface area (Å²) in [5, 5.41) is 12.4. The molecule has 0 spiro atoms. The number of carboxylic acids is 1. The second-order valence-electron chi connectivity index (χ2n) is 5.40. The Morgan fingerprint density at radius 2 is 2.17 bits per heavy atom. The van der Waals surface area contributed by atoms with Gasteiger partial charge in [-0.1, -0.05) is 11.6 Å². The molecule has 1 saturated heterocycles. The zero-order valence-electron chi connectivity index (χ0n) is 12.8. The van der Waals surface area contributed by atoms with Crippen LogP contribution in [-0.4, -0.2) is 45.2 Å². The quantitative estimate of drug-likeness (QED) is 0.803. The number of aliphatic carboxylic acids is 1. The van der Waals surface area contributed by atoms with Gasteiger partial charge in [-0.05, 0) is 30.2 Å². The normalized spacial score (nSPS) is 17.4. The molecule has 8 heteroatoms. The lowest BCUT2D eigenvalue weighted by molar-refractivity contribution is -0.131. The molecular formula is C16H16ClN5O2. The van der Waals surface area contributed by atoms with E-state index in [1.165, 1.54) is 6.08 Å². The van der Waals surface area contributed by atoms with Crippen molar-refractivity contribution in [3.05, 3.63) is 47.4 Å². The van der Waals surface area contributed by atoms with E-state index in [4.69, 9.17) is 16.7 Å². The molecule has 0 unspecified atom stereocenters. The zero-order valence-corrected chi connectivity index (χ0v) is 13.5. The molecule has 0 bridgehead atoms. The van der Waals surface area contributed by atoms with Gasteiger partial charge in [-0.15, -0.1) is 0 Å². The molecule has 24 heavy (non-hydrogen) atoms. The van der Waals surface area contributed by atoms with Crippen molar-refractivity contribution in [3.8, 4) is 0 Å². The van der Waals surface area contributed by atoms with Crippen LogP contribution >= 0.6 is 11.6 Å². The van der Waals surface area contributed by atoms with Crippen LogP contribution < -0.4 is 10.2 Å². The Hall–Kier alpha value is -2.67. The molecule has 2 N–H and O–H groups in total. The fourth-order valence-electron chi connectivity index (χ4n) is 2.53. The third-order valence-corrected chi connectivity index (χ3v) is 3.93. The fourth-order valence-corrected chi connectivity index (χ4v) is 2.75. The van der Waals surface area contributed by atoms with Gasteiger partial charge in [0.25, 0.3) is 0 Å². The Morgan fingerprint density at radius 1 is 1.38 bits per heavy atom. The number of anilines is 2. The van der Waals surface area contributed by atoms with Gasteiger partial charge < -0.3 is 15.3 Å². The van der Waals surface area contributed by atoms with Gasteiger partial charge in [0.05, 0.1) is 5.02 Å². The standard InChI is InChI=1S/C16H16ClN5O2/c17-13-8-11(2-3-14(23)24)9-20-15(13)21-12-4-7-22(10-12)16-18-5-1-6-19-16/h1-3,5-6,8-9,12H,4,7,10H2,(H,20,21)(H,23,24)/b3-2+/t12-/m1/s1. The minimum absolute atomic E-state index is 0.194. The second-order valence-corrected chi connectivity index (χ2v) is 5.80. The first-order chi connectivity index (χ1) is 11.6. The lowest BCUT2D eigenvalue weighted by atomic mass is 10.2. The maximum Gasteiger partial charge on any atom is 0.328 e. The number of nitrogens with one attached hydrogen (secondary N) is 1. The summed E-state index contributed by atoms with van der Waals surface area (Å²) in [4.78, 5) is 25.4. The van der Waals surface area contributed by atoms with Gasteiger partial charge >= 0.3 is 5.97 Å². The van der Waals surface area contributed by atoms with E-state index in [2.05, 4.69) is 25.2 Å². The van der Waals surface area contributed by atoms with E-state index < -0.39 is 5.97 Å². The predicted octanol–water partition coefficient (Wildman–Crippen LogP) is 2.31. The van der Waals surface area contributed by atoms with Gasteiger partial charge in [-0.2, -0.15) is 0 Å². The van der Waals surface area contributed by atoms with Gasteiger partial charge in [-0.3, -0.25) is 0 Å². The van der Waals surface area contributed by atoms with Crippen molar-refractivity contribution in [3.63, 3.8) is 0 Å². The molecule has 0 amide bonds. The highest BCUT2D eigenvalue weighted by atomic mass is 35.5. The first-order valence-electron chi connectivity index (χ1n) is 7.47. The third-order valence-electron chi connectivity index (χ3n) is 3.64. The molecule has 3 heterocycles. The Bertz CT molecular complexity index is 753. The van der Waals surface area contributed by atoms with E-state index in [9.17, 15) is 4.79 Å². The summed E-state index contributed by atoms with van der Waals surface area (Å²) >= 11 is 6.23. The van der Waals surface area contributed by atoms with Crippen LogP contribution in [-0.2, 0) is 4.79 Å². The lowest BCUT2D eigenvalue weighted by Gasteiger charge is -2.17. The van der Waals surface area contributed by atoms with E-state index >= 15 is 0 Å². The topological polar surface area (TPSA) is 91.2 Å². The molecule has 124 valence electrons. The van der Waals surface area contributed by atoms with Crippen LogP contribution in [0.3, 0.4) is 0 Å². The van der Waals surface area contributed by atoms with E-state index in [0.717, 1.165) is 31.5 Å². The Morgan fingerprint density at radius 3 is 2.88 bits per heavy atom. The zero-order chi connectivity index (χ0) is 16.9. The SMILES string of the molecule is O=C(O)/C=C/c1cnc(N[C@@H]2CCN(c3ncccn3)C2)c(Cl)c1. The van der Waals surface area contributed by atoms with Crippen LogP contribution in [0.5, 0.6) is 0 Å². The van der Waals surface area contributed by atoms with Crippen LogP contribution in [0.15, 0.2) is 36.8 Å². The van der Waals surface area contributed by atoms with E-state index in [-0.39, 0.29) is 6.04 Å². The number of pyridine rings is 1. The summed E-state index contributed by atoms with van der Waals surface area (Å²) < 4.78 is 0. The number of hydrogen-bond acceptors (Lipinski definition) is 6. The van der Waals surface area contributed by atoms with Gasteiger partial charge in [-0.25, -0.2) is 19.7 Å². The summed E-state index contributed by atoms with van der Waals surface area (Å²) in [6.45, 7) is 1.63. The Balaban J connectivity index is 1.63. The maximum absolute atomic E-state index is 10.5. The smallest absolute Gasteiger partial charge is 0.328 e. The predicted molar refractivity (Wildman–Crippen MR) is 92.2 cm³/mol. The van der Waals surface area contributed by atoms with Crippen molar-refractivity contribution in [2.24, 2.45) is 0 Å². The van der Waals surface area contributed by atoms with Gasteiger partial charge in [0, 0.05) is 43.8 Å². The van der Waals surface area contributed by atoms with Crippen LogP contribution in [0.25, 0.3) is 6.08 Å². The fraction of sp³-hybridized carbons (Fsp3) is 0.250. The average Bonchev–Trinajstić information content (AvgIpc) is 3.04. The summed E-state index contributed by atoms with van der Waals surface area (Å²) in [7, 11) is 0. The van der Waals surface area contributed by atoms with Crippen molar-refractivity contribution in [1.29, 1.82) is 0 Å². The number of carbonyl (C=O) groups is 1. The molecule has 0 radical (unpaired) electrons. The number of nitrogens with zero attached hydrogens (tertiary/aromatic N) is 4. The van der Waals surface area contributed by atoms with E-state index in [1.54, 1.807) is 30.7 Å². The summed E-state index contributed by atoms with van der Waals surface area (Å²) in [6.07, 6.45) is 8.47. The van der Waals surface area contributed by atoms with Gasteiger partial charge in [0.2, 0.25) is 5.95 Å². The molecule has 1 aliphatic rings. The van der Waals surface area contributed by atoms with Gasteiger partial charge in [0.1, 0.15) is 5.82 Å². The van der Waals surface area contributed by atoms with Crippen molar-refractivity contribution in [1.82, 2.24) is 15.0 Å². The minimum Gasteiger partial charge on any atom is -0.478 e. The molecule has 0 saturated carbocycles. The Labute approximate surface area is 144 Å². The lowest BCUT2D eigenvalue weighted by Crippen LogP contribution is -2.27. The first kappa shape index (κ1) is 16.2. The van der Waals surface area contributed by atoms with E-state index in [0.29, 0.717) is 16.4 Å². The van der Waals surface area contributed by atoms with Crippen LogP contribution in [0.2, 0.25) is 5.02 Å². The monoisotopic (exact) mass is 345 g/mol. The van der Waals surface area contributed by atoms with E-state index in [1.807, 2.05) is 0 Å². The molecule has 0 aromatic carbocycles. The Kier molecular flexibility index (Phi) is 4.90. The largest absolute Gasteiger partial charge is 0.478 e. The maximum atomic E-state index is 10.5. The summed E-state index contributed by atoms with van der Waals surface area (Å²) in [6, 6.07) is 3.67. The molecule has 1 aliphatic heterocycles. The van der Waals surface area contributed by atoms with Crippen molar-refractivity contribution >= 4 is 35.4 Å². The van der Waals surface area contributed by atoms with Crippen LogP contribution in [0, 0.1) is 0 Å². The molecule has 2 aromatic heterocycles. The van der Waals surface area contributed by atoms with Crippen molar-refractivity contribution in [2.75, 3.05) is 23.3 Å². The summed E-state index contributed by atoms with van der Waals surface area (Å²) in [5.41, 5.74) is 0.638. The number of rotatable bonds is 5. The van der Waals surface area contributed by atoms with Gasteiger partial charge in [0.15, 0.2) is 0 Å². The highest BCUT2D eigenvalue weighted by Crippen LogP contribution is 2.24. The number of carboxylic acid groups (broad SMARTS) is 1. The van der Waals surface area contributed by atoms with Crippen LogP contribution in [0.1, 0.15) is 12.0 Å². The highest BCUT2D eigenvalue weighted by molar-refractivity contribution is 6.33. The minimum atomic E-state index is -1.01. The highest BCUT2D eigenvalue weighted by Gasteiger charge is 2.24. The van der Waals surface area contributed by atoms with Crippen molar-refractivity contribution in [2.45, 2.75) is 12.5 Å². The third kappa shape index (κ3) is 3.99. The molecule has 2 aromatic rings. The molecule has 3 rings (SSSR count). The second kappa shape index (κ2) is 7.27. The molecule has 0 aliphatic carbocycles. The summed E-state index contributed by atoms with van der Waals surface area (Å²) in [5.74, 6) is 0.294. The first-order valence-corrected chi connectivity index (χ1v) is 7.84. The van der Waals surface area contributed by atoms with Crippen molar-refractivity contribution < 1.29 is 9.90 Å². The molecule has 1 atom stereocenters. The van der Waals surface area contributed by atoms with Crippen LogP contribution in [0.4, 0.5) is 11.8 Å². The molecule has 7 nitrogen and oxygen atoms in total. The molecule has 1 fully saturated rings.